The molecule has 0 saturated carbocycles. The van der Waals surface area contributed by atoms with Crippen molar-refractivity contribution in [2.45, 2.75) is 0 Å². The summed E-state index contributed by atoms with van der Waals surface area (Å²) in [6, 6.07) is 2.51. The smallest absolute Gasteiger partial charge is 0.148 e. The Balaban J connectivity index is 3.27. The summed E-state index contributed by atoms with van der Waals surface area (Å²) in [6.07, 6.45) is 0. The number of hydrogen-bond acceptors (Lipinski definition) is 2. The fourth-order valence-corrected chi connectivity index (χ4v) is 1.54. The number of methoxy groups -OCH3 is 1. The van der Waals surface area contributed by atoms with E-state index in [4.69, 9.17) is 22.1 Å². The van der Waals surface area contributed by atoms with Gasteiger partial charge < -0.3 is 10.5 Å². The molecule has 0 unspecified atom stereocenters. The van der Waals surface area contributed by atoms with Crippen LogP contribution in [0.25, 0.3) is 0 Å². The zero-order chi connectivity index (χ0) is 11.4. The van der Waals surface area contributed by atoms with E-state index in [0.717, 1.165) is 0 Å². The lowest BCUT2D eigenvalue weighted by Gasteiger charge is -2.07. The molecule has 0 spiro atoms. The molecule has 6 heteroatoms. The molecule has 0 atom stereocenters. The van der Waals surface area contributed by atoms with Gasteiger partial charge in [0.05, 0.1) is 13.0 Å². The number of nitrogens with two attached hydrogens (primary N) is 1. The Morgan fingerprint density at radius 2 is 2.33 bits per heavy atom. The topological polar surface area (TPSA) is 47.6 Å². The van der Waals surface area contributed by atoms with Crippen molar-refractivity contribution in [1.82, 2.24) is 0 Å². The van der Waals surface area contributed by atoms with Gasteiger partial charge >= 0.3 is 0 Å². The Bertz CT molecular complexity index is 398. The first kappa shape index (κ1) is 12.3. The third kappa shape index (κ3) is 3.07. The SMILES string of the molecule is COc1cc(F)cc(Br)c1N=C(N)CCl. The van der Waals surface area contributed by atoms with Crippen molar-refractivity contribution in [2.75, 3.05) is 13.0 Å². The van der Waals surface area contributed by atoms with Gasteiger partial charge in [0.1, 0.15) is 23.1 Å². The first-order valence-corrected chi connectivity index (χ1v) is 5.33. The van der Waals surface area contributed by atoms with Gasteiger partial charge in [0.25, 0.3) is 0 Å². The first-order valence-electron chi connectivity index (χ1n) is 4.00. The van der Waals surface area contributed by atoms with Crippen LogP contribution >= 0.6 is 27.5 Å². The third-order valence-corrected chi connectivity index (χ3v) is 2.48. The van der Waals surface area contributed by atoms with Crippen molar-refractivity contribution in [3.8, 4) is 5.75 Å². The number of alkyl halides is 1. The van der Waals surface area contributed by atoms with Crippen molar-refractivity contribution < 1.29 is 9.13 Å². The molecular weight excluding hydrogens is 286 g/mol. The highest BCUT2D eigenvalue weighted by Crippen LogP contribution is 2.36. The standard InChI is InChI=1S/C9H9BrClFN2O/c1-15-7-3-5(12)2-6(10)9(7)14-8(13)4-11/h2-3H,4H2,1H3,(H2,13,14). The minimum absolute atomic E-state index is 0.104. The minimum atomic E-state index is -0.415. The van der Waals surface area contributed by atoms with E-state index in [1.807, 2.05) is 0 Å². The maximum atomic E-state index is 13.0. The Labute approximate surface area is 100 Å². The molecule has 0 bridgehead atoms. The summed E-state index contributed by atoms with van der Waals surface area (Å²) in [7, 11) is 1.43. The molecule has 82 valence electrons. The third-order valence-electron chi connectivity index (χ3n) is 1.61. The van der Waals surface area contributed by atoms with Crippen molar-refractivity contribution in [2.24, 2.45) is 10.7 Å². The van der Waals surface area contributed by atoms with Gasteiger partial charge in [0, 0.05) is 10.5 Å². The molecule has 0 fully saturated rings. The number of nitrogens with zero attached hydrogens (tertiary/aromatic N) is 1. The predicted octanol–water partition coefficient (Wildman–Crippen LogP) is 2.82. The van der Waals surface area contributed by atoms with Crippen LogP contribution in [-0.4, -0.2) is 18.8 Å². The Morgan fingerprint density at radius 1 is 1.67 bits per heavy atom. The van der Waals surface area contributed by atoms with Crippen LogP contribution in [0.3, 0.4) is 0 Å². The average Bonchev–Trinajstić information content (AvgIpc) is 2.21. The van der Waals surface area contributed by atoms with Gasteiger partial charge in [-0.05, 0) is 22.0 Å². The summed E-state index contributed by atoms with van der Waals surface area (Å²) in [6.45, 7) is 0. The van der Waals surface area contributed by atoms with Gasteiger partial charge in [0.15, 0.2) is 0 Å². The van der Waals surface area contributed by atoms with Crippen LogP contribution in [0.2, 0.25) is 0 Å². The van der Waals surface area contributed by atoms with Gasteiger partial charge in [-0.25, -0.2) is 9.38 Å². The van der Waals surface area contributed by atoms with Crippen LogP contribution in [0.1, 0.15) is 0 Å². The molecule has 2 N–H and O–H groups in total. The molecule has 0 saturated heterocycles. The van der Waals surface area contributed by atoms with E-state index < -0.39 is 5.82 Å². The van der Waals surface area contributed by atoms with E-state index in [1.165, 1.54) is 19.2 Å². The van der Waals surface area contributed by atoms with E-state index in [0.29, 0.717) is 15.9 Å². The Kier molecular flexibility index (Phi) is 4.35. The number of hydrogen-bond donors (Lipinski definition) is 1. The van der Waals surface area contributed by atoms with Crippen molar-refractivity contribution in [1.29, 1.82) is 0 Å². The number of rotatable bonds is 3. The molecule has 0 radical (unpaired) electrons. The largest absolute Gasteiger partial charge is 0.494 e. The normalized spacial score (nSPS) is 11.6. The van der Waals surface area contributed by atoms with Crippen LogP contribution < -0.4 is 10.5 Å². The number of halogens is 3. The molecule has 0 amide bonds. The number of aliphatic imine (C=N–C) groups is 1. The summed E-state index contributed by atoms with van der Waals surface area (Å²) in [5.41, 5.74) is 5.91. The van der Waals surface area contributed by atoms with Crippen LogP contribution in [0.5, 0.6) is 5.75 Å². The minimum Gasteiger partial charge on any atom is -0.494 e. The lowest BCUT2D eigenvalue weighted by atomic mass is 10.3. The zero-order valence-electron chi connectivity index (χ0n) is 7.93. The van der Waals surface area contributed by atoms with E-state index in [2.05, 4.69) is 20.9 Å². The summed E-state index contributed by atoms with van der Waals surface area (Å²) >= 11 is 8.67. The van der Waals surface area contributed by atoms with Gasteiger partial charge in [0.2, 0.25) is 0 Å². The van der Waals surface area contributed by atoms with Crippen molar-refractivity contribution in [3.63, 3.8) is 0 Å². The molecule has 1 aromatic carbocycles. The fourth-order valence-electron chi connectivity index (χ4n) is 0.980. The van der Waals surface area contributed by atoms with Crippen LogP contribution in [-0.2, 0) is 0 Å². The number of benzene rings is 1. The monoisotopic (exact) mass is 294 g/mol. The number of amidine groups is 1. The molecule has 1 rings (SSSR count). The molecule has 0 aromatic heterocycles. The molecule has 3 nitrogen and oxygen atoms in total. The van der Waals surface area contributed by atoms with E-state index >= 15 is 0 Å². The lowest BCUT2D eigenvalue weighted by molar-refractivity contribution is 0.412. The maximum Gasteiger partial charge on any atom is 0.148 e. The first-order chi connectivity index (χ1) is 7.08. The highest BCUT2D eigenvalue weighted by molar-refractivity contribution is 9.10. The highest BCUT2D eigenvalue weighted by Gasteiger charge is 2.09. The molecule has 0 aliphatic heterocycles. The van der Waals surface area contributed by atoms with Crippen LogP contribution in [0.4, 0.5) is 10.1 Å². The summed E-state index contributed by atoms with van der Waals surface area (Å²) < 4.78 is 18.4. The summed E-state index contributed by atoms with van der Waals surface area (Å²) in [5.74, 6) is 0.229. The molecule has 0 heterocycles. The number of ether oxygens (including phenoxy) is 1. The quantitative estimate of drug-likeness (QED) is 0.529. The Morgan fingerprint density at radius 3 is 2.87 bits per heavy atom. The van der Waals surface area contributed by atoms with Gasteiger partial charge in [-0.2, -0.15) is 0 Å². The molecular formula is C9H9BrClFN2O. The van der Waals surface area contributed by atoms with Gasteiger partial charge in [-0.15, -0.1) is 11.6 Å². The zero-order valence-corrected chi connectivity index (χ0v) is 10.3. The van der Waals surface area contributed by atoms with E-state index in [-0.39, 0.29) is 11.7 Å². The molecule has 1 aromatic rings. The fraction of sp³-hybridized carbons (Fsp3) is 0.222. The molecule has 0 aliphatic rings. The van der Waals surface area contributed by atoms with E-state index in [9.17, 15) is 4.39 Å². The van der Waals surface area contributed by atoms with Crippen molar-refractivity contribution >= 4 is 39.1 Å². The summed E-state index contributed by atoms with van der Waals surface area (Å²) in [4.78, 5) is 4.01. The summed E-state index contributed by atoms with van der Waals surface area (Å²) in [5, 5.41) is 0. The molecule has 0 aliphatic carbocycles. The van der Waals surface area contributed by atoms with Gasteiger partial charge in [-0.1, -0.05) is 0 Å². The van der Waals surface area contributed by atoms with Crippen molar-refractivity contribution in [3.05, 3.63) is 22.4 Å². The second-order valence-corrected chi connectivity index (χ2v) is 3.80. The lowest BCUT2D eigenvalue weighted by Crippen LogP contribution is -2.12. The predicted molar refractivity (Wildman–Crippen MR) is 62.7 cm³/mol. The van der Waals surface area contributed by atoms with E-state index in [1.54, 1.807) is 0 Å². The highest BCUT2D eigenvalue weighted by atomic mass is 79.9. The Hall–Kier alpha value is -0.810. The second kappa shape index (κ2) is 5.32. The maximum absolute atomic E-state index is 13.0. The average molecular weight is 296 g/mol. The second-order valence-electron chi connectivity index (χ2n) is 2.68. The molecule has 15 heavy (non-hydrogen) atoms. The van der Waals surface area contributed by atoms with Crippen LogP contribution in [0, 0.1) is 5.82 Å². The van der Waals surface area contributed by atoms with Gasteiger partial charge in [-0.3, -0.25) is 0 Å². The van der Waals surface area contributed by atoms with Crippen LogP contribution in [0.15, 0.2) is 21.6 Å².